The van der Waals surface area contributed by atoms with Crippen LogP contribution in [0.2, 0.25) is 0 Å². The number of aliphatic imine (C=N–C) groups is 1. The maximum Gasteiger partial charge on any atom is 0.193 e. The molecule has 1 heterocycles. The molecule has 4 nitrogen and oxygen atoms in total. The zero-order chi connectivity index (χ0) is 15.9. The smallest absolute Gasteiger partial charge is 0.193 e. The molecule has 0 aliphatic carbocycles. The van der Waals surface area contributed by atoms with Crippen LogP contribution in [0.25, 0.3) is 0 Å². The number of ether oxygens (including phenoxy) is 1. The van der Waals surface area contributed by atoms with Crippen LogP contribution in [0.4, 0.5) is 0 Å². The van der Waals surface area contributed by atoms with Gasteiger partial charge in [-0.25, -0.2) is 0 Å². The fraction of sp³-hybridized carbons (Fsp3) is 0.688. The van der Waals surface area contributed by atoms with Crippen LogP contribution in [0, 0.1) is 5.41 Å². The Hall–Kier alpha value is -0.340. The highest BCUT2D eigenvalue weighted by Gasteiger charge is 2.24. The molecular formula is C16H30IN3OS. The summed E-state index contributed by atoms with van der Waals surface area (Å²) >= 11 is 1.80. The molecule has 0 saturated heterocycles. The molecule has 0 amide bonds. The molecule has 1 rings (SSSR count). The Bertz CT molecular complexity index is 429. The molecule has 1 aromatic heterocycles. The third-order valence-electron chi connectivity index (χ3n) is 3.54. The van der Waals surface area contributed by atoms with Gasteiger partial charge >= 0.3 is 0 Å². The second kappa shape index (κ2) is 10.4. The van der Waals surface area contributed by atoms with E-state index < -0.39 is 0 Å². The van der Waals surface area contributed by atoms with Gasteiger partial charge < -0.3 is 15.0 Å². The zero-order valence-electron chi connectivity index (χ0n) is 14.5. The van der Waals surface area contributed by atoms with E-state index in [2.05, 4.69) is 60.5 Å². The monoisotopic (exact) mass is 439 g/mol. The number of hydrogen-bond donors (Lipinski definition) is 1. The summed E-state index contributed by atoms with van der Waals surface area (Å²) in [5, 5.41) is 5.53. The van der Waals surface area contributed by atoms with Gasteiger partial charge in [0.25, 0.3) is 0 Å². The van der Waals surface area contributed by atoms with Crippen LogP contribution >= 0.6 is 35.3 Å². The maximum atomic E-state index is 5.57. The summed E-state index contributed by atoms with van der Waals surface area (Å²) < 4.78 is 5.57. The Balaban J connectivity index is 0.00000441. The Labute approximate surface area is 156 Å². The topological polar surface area (TPSA) is 36.9 Å². The predicted octanol–water partition coefficient (Wildman–Crippen LogP) is 3.48. The van der Waals surface area contributed by atoms with Crippen molar-refractivity contribution in [2.45, 2.75) is 33.3 Å². The van der Waals surface area contributed by atoms with Crippen LogP contribution in [-0.2, 0) is 11.2 Å². The first-order chi connectivity index (χ1) is 9.88. The Morgan fingerprint density at radius 3 is 2.59 bits per heavy atom. The number of nitrogens with zero attached hydrogens (tertiary/aromatic N) is 2. The quantitative estimate of drug-likeness (QED) is 0.419. The number of halogens is 1. The molecule has 0 saturated carbocycles. The van der Waals surface area contributed by atoms with Gasteiger partial charge in [-0.2, -0.15) is 0 Å². The minimum absolute atomic E-state index is 0. The van der Waals surface area contributed by atoms with Gasteiger partial charge in [-0.3, -0.25) is 4.99 Å². The van der Waals surface area contributed by atoms with E-state index in [-0.39, 0.29) is 35.5 Å². The summed E-state index contributed by atoms with van der Waals surface area (Å²) in [4.78, 5) is 7.92. The molecule has 0 bridgehead atoms. The molecule has 0 radical (unpaired) electrons. The number of methoxy groups -OCH3 is 1. The summed E-state index contributed by atoms with van der Waals surface area (Å²) in [6.07, 6.45) is 1.20. The molecule has 128 valence electrons. The average Bonchev–Trinajstić information content (AvgIpc) is 2.93. The van der Waals surface area contributed by atoms with Crippen molar-refractivity contribution in [2.24, 2.45) is 10.4 Å². The van der Waals surface area contributed by atoms with Crippen LogP contribution in [-0.4, -0.2) is 51.3 Å². The largest absolute Gasteiger partial charge is 0.379 e. The summed E-state index contributed by atoms with van der Waals surface area (Å²) in [6.45, 7) is 8.27. The zero-order valence-corrected chi connectivity index (χ0v) is 17.7. The lowest BCUT2D eigenvalue weighted by atomic mass is 9.89. The lowest BCUT2D eigenvalue weighted by Crippen LogP contribution is -2.46. The molecule has 1 aromatic rings. The first kappa shape index (κ1) is 21.7. The Morgan fingerprint density at radius 2 is 2.14 bits per heavy atom. The van der Waals surface area contributed by atoms with E-state index >= 15 is 0 Å². The molecule has 0 spiro atoms. The second-order valence-electron chi connectivity index (χ2n) is 6.27. The summed E-state index contributed by atoms with van der Waals surface area (Å²) in [6, 6.07) is 4.27. The van der Waals surface area contributed by atoms with Gasteiger partial charge in [-0.05, 0) is 23.3 Å². The third kappa shape index (κ3) is 7.28. The van der Waals surface area contributed by atoms with E-state index in [1.165, 1.54) is 4.88 Å². The van der Waals surface area contributed by atoms with Gasteiger partial charge in [0.05, 0.1) is 6.10 Å². The Kier molecular flexibility index (Phi) is 10.3. The van der Waals surface area contributed by atoms with E-state index in [1.54, 1.807) is 18.4 Å². The van der Waals surface area contributed by atoms with Crippen LogP contribution < -0.4 is 5.32 Å². The Morgan fingerprint density at radius 1 is 1.45 bits per heavy atom. The van der Waals surface area contributed by atoms with Crippen LogP contribution in [0.5, 0.6) is 0 Å². The minimum atomic E-state index is 0. The molecule has 0 aromatic carbocycles. The SMILES string of the molecule is CN=C(NCC(OC)C(C)(C)C)N(C)CCc1cccs1.I. The van der Waals surface area contributed by atoms with E-state index in [4.69, 9.17) is 4.74 Å². The fourth-order valence-electron chi connectivity index (χ4n) is 2.15. The first-order valence-corrected chi connectivity index (χ1v) is 8.23. The van der Waals surface area contributed by atoms with Crippen molar-refractivity contribution < 1.29 is 4.74 Å². The van der Waals surface area contributed by atoms with Gasteiger partial charge in [0, 0.05) is 39.2 Å². The number of guanidine groups is 1. The molecule has 1 atom stereocenters. The normalized spacial score (nSPS) is 13.5. The molecule has 22 heavy (non-hydrogen) atoms. The van der Waals surface area contributed by atoms with Crippen molar-refractivity contribution in [3.63, 3.8) is 0 Å². The van der Waals surface area contributed by atoms with Crippen molar-refractivity contribution in [3.8, 4) is 0 Å². The highest BCUT2D eigenvalue weighted by molar-refractivity contribution is 14.0. The average molecular weight is 439 g/mol. The van der Waals surface area contributed by atoms with Gasteiger partial charge in [-0.1, -0.05) is 26.8 Å². The van der Waals surface area contributed by atoms with Crippen molar-refractivity contribution in [2.75, 3.05) is 34.3 Å². The van der Waals surface area contributed by atoms with Gasteiger partial charge in [0.2, 0.25) is 0 Å². The number of likely N-dealkylation sites (N-methyl/N-ethyl adjacent to an activating group) is 1. The summed E-state index contributed by atoms with van der Waals surface area (Å²) in [5.41, 5.74) is 0.107. The standard InChI is InChI=1S/C16H29N3OS.HI/c1-16(2,3)14(20-6)12-18-15(17-4)19(5)10-9-13-8-7-11-21-13;/h7-8,11,14H,9-10,12H2,1-6H3,(H,17,18);1H. The van der Waals surface area contributed by atoms with Gasteiger partial charge in [0.1, 0.15) is 0 Å². The lowest BCUT2D eigenvalue weighted by Gasteiger charge is -2.31. The van der Waals surface area contributed by atoms with Gasteiger partial charge in [0.15, 0.2) is 5.96 Å². The molecule has 1 N–H and O–H groups in total. The van der Waals surface area contributed by atoms with Crippen molar-refractivity contribution in [1.82, 2.24) is 10.2 Å². The molecule has 0 fully saturated rings. The minimum Gasteiger partial charge on any atom is -0.379 e. The predicted molar refractivity (Wildman–Crippen MR) is 108 cm³/mol. The second-order valence-corrected chi connectivity index (χ2v) is 7.30. The number of thiophene rings is 1. The lowest BCUT2D eigenvalue weighted by molar-refractivity contribution is 0.0202. The van der Waals surface area contributed by atoms with Crippen molar-refractivity contribution >= 4 is 41.3 Å². The first-order valence-electron chi connectivity index (χ1n) is 7.35. The van der Waals surface area contributed by atoms with Crippen LogP contribution in [0.1, 0.15) is 25.6 Å². The highest BCUT2D eigenvalue weighted by Crippen LogP contribution is 2.21. The van der Waals surface area contributed by atoms with Crippen molar-refractivity contribution in [1.29, 1.82) is 0 Å². The van der Waals surface area contributed by atoms with E-state index in [9.17, 15) is 0 Å². The highest BCUT2D eigenvalue weighted by atomic mass is 127. The van der Waals surface area contributed by atoms with E-state index in [1.807, 2.05) is 7.05 Å². The molecule has 0 aliphatic rings. The molecule has 1 unspecified atom stereocenters. The fourth-order valence-corrected chi connectivity index (χ4v) is 2.85. The van der Waals surface area contributed by atoms with E-state index in [0.29, 0.717) is 0 Å². The van der Waals surface area contributed by atoms with Crippen LogP contribution in [0.15, 0.2) is 22.5 Å². The van der Waals surface area contributed by atoms with E-state index in [0.717, 1.165) is 25.5 Å². The third-order valence-corrected chi connectivity index (χ3v) is 4.48. The number of rotatable bonds is 6. The molecular weight excluding hydrogens is 409 g/mol. The van der Waals surface area contributed by atoms with Gasteiger partial charge in [-0.15, -0.1) is 35.3 Å². The maximum absolute atomic E-state index is 5.57. The summed E-state index contributed by atoms with van der Waals surface area (Å²) in [7, 11) is 5.66. The molecule has 0 aliphatic heterocycles. The number of nitrogens with one attached hydrogen (secondary N) is 1. The molecule has 6 heteroatoms. The van der Waals surface area contributed by atoms with Crippen LogP contribution in [0.3, 0.4) is 0 Å². The summed E-state index contributed by atoms with van der Waals surface area (Å²) in [5.74, 6) is 0.915. The van der Waals surface area contributed by atoms with Crippen molar-refractivity contribution in [3.05, 3.63) is 22.4 Å². The number of hydrogen-bond acceptors (Lipinski definition) is 3.